The molecule has 2 aromatic carbocycles. The number of ether oxygens (including phenoxy) is 1. The molecule has 150 valence electrons. The number of anilines is 1. The first-order chi connectivity index (χ1) is 15.2. The predicted molar refractivity (Wildman–Crippen MR) is 114 cm³/mol. The van der Waals surface area contributed by atoms with Crippen LogP contribution in [0, 0.1) is 11.3 Å². The van der Waals surface area contributed by atoms with Crippen molar-refractivity contribution < 1.29 is 13.9 Å². The highest BCUT2D eigenvalue weighted by Crippen LogP contribution is 2.35. The molecule has 8 nitrogen and oxygen atoms in total. The van der Waals surface area contributed by atoms with Crippen molar-refractivity contribution in [2.24, 2.45) is 0 Å². The van der Waals surface area contributed by atoms with E-state index >= 15 is 0 Å². The highest BCUT2D eigenvalue weighted by Gasteiger charge is 2.25. The Labute approximate surface area is 176 Å². The molecule has 3 heterocycles. The molecular formula is C23H15N5O3. The van der Waals surface area contributed by atoms with E-state index in [-0.39, 0.29) is 17.1 Å². The number of benzene rings is 2. The largest absolute Gasteiger partial charge is 0.495 e. The summed E-state index contributed by atoms with van der Waals surface area (Å²) < 4.78 is 12.4. The van der Waals surface area contributed by atoms with E-state index < -0.39 is 5.91 Å². The van der Waals surface area contributed by atoms with Crippen LogP contribution in [0.25, 0.3) is 27.9 Å². The Kier molecular flexibility index (Phi) is 4.34. The molecule has 8 heteroatoms. The summed E-state index contributed by atoms with van der Waals surface area (Å²) in [6.45, 7) is 0. The van der Waals surface area contributed by atoms with Crippen LogP contribution in [-0.4, -0.2) is 27.6 Å². The van der Waals surface area contributed by atoms with E-state index in [0.29, 0.717) is 33.6 Å². The summed E-state index contributed by atoms with van der Waals surface area (Å²) in [5, 5.41) is 12.8. The van der Waals surface area contributed by atoms with Crippen molar-refractivity contribution in [2.75, 3.05) is 12.4 Å². The molecule has 0 aliphatic carbocycles. The summed E-state index contributed by atoms with van der Waals surface area (Å²) in [6, 6.07) is 20.0. The quantitative estimate of drug-likeness (QED) is 0.474. The number of hydrogen-bond donors (Lipinski definition) is 1. The molecule has 1 amide bonds. The van der Waals surface area contributed by atoms with Gasteiger partial charge in [0, 0.05) is 0 Å². The monoisotopic (exact) mass is 409 g/mol. The summed E-state index contributed by atoms with van der Waals surface area (Å²) in [5.41, 5.74) is 2.91. The molecule has 0 aliphatic heterocycles. The van der Waals surface area contributed by atoms with E-state index in [9.17, 15) is 10.1 Å². The predicted octanol–water partition coefficient (Wildman–Crippen LogP) is 4.30. The Bertz CT molecular complexity index is 1480. The topological polar surface area (TPSA) is 106 Å². The minimum Gasteiger partial charge on any atom is -0.495 e. The zero-order chi connectivity index (χ0) is 21.4. The number of rotatable bonds is 4. The molecule has 1 N–H and O–H groups in total. The van der Waals surface area contributed by atoms with E-state index in [1.54, 1.807) is 29.9 Å². The maximum Gasteiger partial charge on any atom is 0.292 e. The molecule has 31 heavy (non-hydrogen) atoms. The second-order valence-corrected chi connectivity index (χ2v) is 6.66. The van der Waals surface area contributed by atoms with Crippen molar-refractivity contribution in [3.8, 4) is 17.5 Å². The van der Waals surface area contributed by atoms with Gasteiger partial charge in [-0.05, 0) is 36.4 Å². The number of furan rings is 1. The molecule has 0 unspecified atom stereocenters. The smallest absolute Gasteiger partial charge is 0.292 e. The molecule has 5 aromatic rings. The fourth-order valence-corrected chi connectivity index (χ4v) is 3.49. The van der Waals surface area contributed by atoms with E-state index in [4.69, 9.17) is 14.1 Å². The van der Waals surface area contributed by atoms with Crippen molar-refractivity contribution >= 4 is 33.9 Å². The zero-order valence-electron chi connectivity index (χ0n) is 16.4. The van der Waals surface area contributed by atoms with Gasteiger partial charge >= 0.3 is 0 Å². The number of nitrogens with one attached hydrogen (secondary N) is 1. The van der Waals surface area contributed by atoms with Crippen molar-refractivity contribution in [3.05, 3.63) is 78.3 Å². The lowest BCUT2D eigenvalue weighted by atomic mass is 10.2. The molecule has 0 saturated heterocycles. The fourth-order valence-electron chi connectivity index (χ4n) is 3.49. The Morgan fingerprint density at radius 3 is 2.52 bits per heavy atom. The number of hydrogen-bond acceptors (Lipinski definition) is 6. The number of aromatic nitrogens is 3. The Hall–Kier alpha value is -4.64. The maximum absolute atomic E-state index is 12.8. The summed E-state index contributed by atoms with van der Waals surface area (Å²) >= 11 is 0. The molecule has 0 atom stereocenters. The van der Waals surface area contributed by atoms with Crippen LogP contribution in [0.3, 0.4) is 0 Å². The van der Waals surface area contributed by atoms with Gasteiger partial charge in [0.25, 0.3) is 5.91 Å². The highest BCUT2D eigenvalue weighted by atomic mass is 16.5. The first kappa shape index (κ1) is 18.4. The lowest BCUT2D eigenvalue weighted by Crippen LogP contribution is -2.15. The number of nitrogens with zero attached hydrogens (tertiary/aromatic N) is 4. The van der Waals surface area contributed by atoms with Crippen LogP contribution >= 0.6 is 0 Å². The number of carbonyl (C=O) groups excluding carboxylic acids is 1. The number of para-hydroxylation sites is 4. The number of amides is 1. The third-order valence-electron chi connectivity index (χ3n) is 4.88. The van der Waals surface area contributed by atoms with Crippen LogP contribution in [0.15, 0.2) is 71.3 Å². The third-order valence-corrected chi connectivity index (χ3v) is 4.88. The van der Waals surface area contributed by atoms with Gasteiger partial charge < -0.3 is 14.5 Å². The van der Waals surface area contributed by atoms with Gasteiger partial charge in [0.15, 0.2) is 11.4 Å². The van der Waals surface area contributed by atoms with Crippen molar-refractivity contribution in [2.45, 2.75) is 0 Å². The minimum atomic E-state index is -0.495. The lowest BCUT2D eigenvalue weighted by Gasteiger charge is -2.14. The van der Waals surface area contributed by atoms with Gasteiger partial charge in [-0.25, -0.2) is 9.97 Å². The van der Waals surface area contributed by atoms with Gasteiger partial charge in [0.05, 0.1) is 30.1 Å². The Morgan fingerprint density at radius 1 is 1.06 bits per heavy atom. The summed E-state index contributed by atoms with van der Waals surface area (Å²) in [7, 11) is 1.55. The molecule has 5 rings (SSSR count). The average Bonchev–Trinajstić information content (AvgIpc) is 3.44. The van der Waals surface area contributed by atoms with Gasteiger partial charge in [0.1, 0.15) is 28.7 Å². The Morgan fingerprint density at radius 2 is 1.81 bits per heavy atom. The van der Waals surface area contributed by atoms with E-state index in [2.05, 4.69) is 16.4 Å². The third kappa shape index (κ3) is 2.96. The molecule has 0 radical (unpaired) electrons. The van der Waals surface area contributed by atoms with E-state index in [1.165, 1.54) is 6.26 Å². The van der Waals surface area contributed by atoms with Crippen molar-refractivity contribution in [3.63, 3.8) is 0 Å². The molecule has 0 spiro atoms. The van der Waals surface area contributed by atoms with Crippen LogP contribution in [0.2, 0.25) is 0 Å². The molecule has 0 bridgehead atoms. The first-order valence-electron chi connectivity index (χ1n) is 9.41. The molecule has 3 aromatic heterocycles. The molecule has 0 aliphatic rings. The van der Waals surface area contributed by atoms with E-state index in [1.807, 2.05) is 42.5 Å². The fraction of sp³-hybridized carbons (Fsp3) is 0.0435. The number of fused-ring (bicyclic) bond motifs is 2. The number of carbonyl (C=O) groups is 1. The molecule has 0 saturated carbocycles. The summed E-state index contributed by atoms with van der Waals surface area (Å²) in [5.74, 6) is 0.405. The van der Waals surface area contributed by atoms with Gasteiger partial charge in [0.2, 0.25) is 0 Å². The minimum absolute atomic E-state index is 0.117. The first-order valence-corrected chi connectivity index (χ1v) is 9.41. The van der Waals surface area contributed by atoms with Crippen molar-refractivity contribution in [1.29, 1.82) is 5.26 Å². The van der Waals surface area contributed by atoms with Crippen LogP contribution in [0.1, 0.15) is 16.1 Å². The van der Waals surface area contributed by atoms with Crippen molar-refractivity contribution in [1.82, 2.24) is 14.5 Å². The molecular weight excluding hydrogens is 394 g/mol. The second kappa shape index (κ2) is 7.31. The highest BCUT2D eigenvalue weighted by molar-refractivity contribution is 6.05. The maximum atomic E-state index is 12.8. The average molecular weight is 409 g/mol. The number of methoxy groups -OCH3 is 1. The Balaban J connectivity index is 1.85. The standard InChI is InChI=1S/C23H15N5O3/c1-30-18-10-5-4-9-17(18)28-21(27-23(29)19-11-6-12-31-19)14(13-24)20-22(28)26-16-8-3-2-7-15(16)25-20/h2-12H,1H3,(H,27,29). The van der Waals surface area contributed by atoms with Gasteiger partial charge in [-0.15, -0.1) is 0 Å². The lowest BCUT2D eigenvalue weighted by molar-refractivity contribution is 0.0996. The van der Waals surface area contributed by atoms with E-state index in [0.717, 1.165) is 0 Å². The van der Waals surface area contributed by atoms with Gasteiger partial charge in [-0.3, -0.25) is 9.36 Å². The van der Waals surface area contributed by atoms with Crippen LogP contribution in [0.4, 0.5) is 5.82 Å². The van der Waals surface area contributed by atoms with Crippen LogP contribution < -0.4 is 10.1 Å². The summed E-state index contributed by atoms with van der Waals surface area (Å²) in [6.07, 6.45) is 1.41. The van der Waals surface area contributed by atoms with Gasteiger partial charge in [-0.2, -0.15) is 5.26 Å². The van der Waals surface area contributed by atoms with Crippen LogP contribution in [0.5, 0.6) is 5.75 Å². The number of nitriles is 1. The zero-order valence-corrected chi connectivity index (χ0v) is 16.4. The normalized spacial score (nSPS) is 10.8. The van der Waals surface area contributed by atoms with Gasteiger partial charge in [-0.1, -0.05) is 24.3 Å². The second-order valence-electron chi connectivity index (χ2n) is 6.66. The summed E-state index contributed by atoms with van der Waals surface area (Å²) in [4.78, 5) is 22.2. The van der Waals surface area contributed by atoms with Crippen LogP contribution in [-0.2, 0) is 0 Å². The SMILES string of the molecule is COc1ccccc1-n1c(NC(=O)c2ccco2)c(C#N)c2nc3ccccc3nc21. The molecule has 0 fully saturated rings.